The second-order valence-corrected chi connectivity index (χ2v) is 13.8. The summed E-state index contributed by atoms with van der Waals surface area (Å²) in [7, 11) is 0. The number of aliphatic hydroxyl groups is 1. The van der Waals surface area contributed by atoms with Gasteiger partial charge in [0.15, 0.2) is 0 Å². The molecule has 4 unspecified atom stereocenters. The van der Waals surface area contributed by atoms with Crippen LogP contribution in [0.2, 0.25) is 0 Å². The van der Waals surface area contributed by atoms with Crippen LogP contribution in [0.1, 0.15) is 72.8 Å². The maximum Gasteiger partial charge on any atom is 0.248 e. The molecule has 1 N–H and O–H groups in total. The van der Waals surface area contributed by atoms with Crippen LogP contribution in [-0.2, 0) is 25.7 Å². The zero-order chi connectivity index (χ0) is 32.4. The second kappa shape index (κ2) is 13.6. The zero-order valence-electron chi connectivity index (χ0n) is 27.6. The molecule has 2 bridgehead atoms. The molecular weight excluding hydrogens is 554 g/mol. The number of hydrogen-bond donors (Lipinski definition) is 1. The summed E-state index contributed by atoms with van der Waals surface area (Å²) < 4.78 is 7.01. The molecule has 4 rings (SSSR count). The molecule has 44 heavy (non-hydrogen) atoms. The van der Waals surface area contributed by atoms with Crippen molar-refractivity contribution in [1.29, 1.82) is 0 Å². The fourth-order valence-electron chi connectivity index (χ4n) is 8.29. The van der Waals surface area contributed by atoms with Gasteiger partial charge in [0, 0.05) is 25.7 Å². The molecule has 3 amide bonds. The molecule has 1 aromatic carbocycles. The summed E-state index contributed by atoms with van der Waals surface area (Å²) in [5.41, 5.74) is -1.12. The van der Waals surface area contributed by atoms with Crippen LogP contribution in [0.15, 0.2) is 55.6 Å². The molecule has 8 nitrogen and oxygen atoms in total. The van der Waals surface area contributed by atoms with Crippen molar-refractivity contribution in [2.24, 2.45) is 23.7 Å². The Bertz CT molecular complexity index is 1220. The average Bonchev–Trinajstić information content (AvgIpc) is 3.50. The highest BCUT2D eigenvalue weighted by atomic mass is 16.5. The van der Waals surface area contributed by atoms with Gasteiger partial charge in [-0.2, -0.15) is 0 Å². The molecule has 3 heterocycles. The Kier molecular flexibility index (Phi) is 10.5. The van der Waals surface area contributed by atoms with Crippen molar-refractivity contribution in [2.75, 3.05) is 19.7 Å². The molecule has 3 aliphatic rings. The van der Waals surface area contributed by atoms with Crippen molar-refractivity contribution in [1.82, 2.24) is 14.7 Å². The molecule has 3 aliphatic heterocycles. The molecule has 0 aromatic heterocycles. The minimum absolute atomic E-state index is 0.0725. The summed E-state index contributed by atoms with van der Waals surface area (Å²) in [5.74, 6) is -2.13. The number of rotatable bonds is 15. The number of hydrogen-bond acceptors (Lipinski definition) is 5. The van der Waals surface area contributed by atoms with Crippen molar-refractivity contribution in [2.45, 2.75) is 103 Å². The number of amides is 3. The molecule has 1 aromatic rings. The largest absolute Gasteiger partial charge is 0.394 e. The van der Waals surface area contributed by atoms with E-state index in [9.17, 15) is 19.5 Å². The van der Waals surface area contributed by atoms with E-state index < -0.39 is 35.1 Å². The SMILES string of the molecule is C=CCN(Cc1ccccc1)C(=O)[C@H]1[C@H]2C(=O)N([C@@H](CO)CC(C)C)C(C(=O)N(CC=C)C(C)CCC)C23CC(C)[C@]1(C)O3. The van der Waals surface area contributed by atoms with Crippen LogP contribution < -0.4 is 0 Å². The number of nitrogens with zero attached hydrogens (tertiary/aromatic N) is 3. The first-order valence-corrected chi connectivity index (χ1v) is 16.4. The first-order chi connectivity index (χ1) is 20.9. The van der Waals surface area contributed by atoms with Crippen molar-refractivity contribution >= 4 is 17.7 Å². The second-order valence-electron chi connectivity index (χ2n) is 13.8. The summed E-state index contributed by atoms with van der Waals surface area (Å²) in [5, 5.41) is 10.7. The fourth-order valence-corrected chi connectivity index (χ4v) is 8.29. The quantitative estimate of drug-likeness (QED) is 0.289. The molecule has 0 saturated carbocycles. The lowest BCUT2D eigenvalue weighted by Crippen LogP contribution is -2.60. The predicted molar refractivity (Wildman–Crippen MR) is 172 cm³/mol. The minimum Gasteiger partial charge on any atom is -0.394 e. The number of aliphatic hydroxyl groups excluding tert-OH is 1. The number of carbonyl (C=O) groups excluding carboxylic acids is 3. The highest BCUT2D eigenvalue weighted by Gasteiger charge is 2.80. The molecular formula is C36H53N3O5. The number of carbonyl (C=O) groups is 3. The number of fused-ring (bicyclic) bond motifs is 1. The molecule has 8 heteroatoms. The lowest BCUT2D eigenvalue weighted by molar-refractivity contribution is -0.159. The van der Waals surface area contributed by atoms with Crippen molar-refractivity contribution in [3.05, 3.63) is 61.2 Å². The van der Waals surface area contributed by atoms with E-state index in [1.807, 2.05) is 58.0 Å². The van der Waals surface area contributed by atoms with Gasteiger partial charge in [0.05, 0.1) is 30.1 Å². The minimum atomic E-state index is -1.18. The molecule has 3 saturated heterocycles. The molecule has 3 fully saturated rings. The Labute approximate surface area is 264 Å². The van der Waals surface area contributed by atoms with Crippen LogP contribution in [-0.4, -0.2) is 86.6 Å². The lowest BCUT2D eigenvalue weighted by atomic mass is 9.62. The maximum atomic E-state index is 14.8. The molecule has 1 spiro atoms. The Morgan fingerprint density at radius 1 is 1.14 bits per heavy atom. The van der Waals surface area contributed by atoms with Gasteiger partial charge in [0.25, 0.3) is 0 Å². The summed E-state index contributed by atoms with van der Waals surface area (Å²) in [6.07, 6.45) is 6.15. The summed E-state index contributed by atoms with van der Waals surface area (Å²) in [6.45, 7) is 20.8. The maximum absolute atomic E-state index is 14.8. The Hall–Kier alpha value is -2.97. The zero-order valence-corrected chi connectivity index (χ0v) is 27.6. The smallest absolute Gasteiger partial charge is 0.248 e. The van der Waals surface area contributed by atoms with Crippen LogP contribution in [0.25, 0.3) is 0 Å². The number of likely N-dealkylation sites (tertiary alicyclic amines) is 1. The Morgan fingerprint density at radius 2 is 1.80 bits per heavy atom. The Morgan fingerprint density at radius 3 is 2.36 bits per heavy atom. The monoisotopic (exact) mass is 607 g/mol. The van der Waals surface area contributed by atoms with E-state index in [2.05, 4.69) is 27.0 Å². The third kappa shape index (κ3) is 5.76. The van der Waals surface area contributed by atoms with E-state index in [4.69, 9.17) is 4.74 Å². The normalized spacial score (nSPS) is 30.3. The number of ether oxygens (including phenoxy) is 1. The first-order valence-electron chi connectivity index (χ1n) is 16.4. The van der Waals surface area contributed by atoms with E-state index in [0.29, 0.717) is 32.5 Å². The van der Waals surface area contributed by atoms with Crippen LogP contribution in [0.5, 0.6) is 0 Å². The van der Waals surface area contributed by atoms with E-state index in [-0.39, 0.29) is 42.2 Å². The molecule has 0 radical (unpaired) electrons. The topological polar surface area (TPSA) is 90.4 Å². The van der Waals surface area contributed by atoms with Gasteiger partial charge in [-0.05, 0) is 50.5 Å². The third-order valence-electron chi connectivity index (χ3n) is 10.3. The van der Waals surface area contributed by atoms with E-state index in [0.717, 1.165) is 18.4 Å². The highest BCUT2D eigenvalue weighted by molar-refractivity contribution is 5.99. The van der Waals surface area contributed by atoms with Crippen LogP contribution >= 0.6 is 0 Å². The van der Waals surface area contributed by atoms with Gasteiger partial charge in [0.1, 0.15) is 11.6 Å². The van der Waals surface area contributed by atoms with Crippen molar-refractivity contribution in [3.63, 3.8) is 0 Å². The molecule has 242 valence electrons. The Balaban J connectivity index is 1.84. The number of benzene rings is 1. The van der Waals surface area contributed by atoms with Gasteiger partial charge in [-0.3, -0.25) is 14.4 Å². The van der Waals surface area contributed by atoms with Crippen molar-refractivity contribution < 1.29 is 24.2 Å². The lowest BCUT2D eigenvalue weighted by Gasteiger charge is -2.41. The molecule has 0 aliphatic carbocycles. The van der Waals surface area contributed by atoms with Crippen LogP contribution in [0.4, 0.5) is 0 Å². The first kappa shape index (κ1) is 33.9. The fraction of sp³-hybridized carbons (Fsp3) is 0.639. The predicted octanol–water partition coefficient (Wildman–Crippen LogP) is 4.82. The molecule has 8 atom stereocenters. The van der Waals surface area contributed by atoms with Gasteiger partial charge in [-0.15, -0.1) is 13.2 Å². The van der Waals surface area contributed by atoms with Crippen molar-refractivity contribution in [3.8, 4) is 0 Å². The van der Waals surface area contributed by atoms with Crippen LogP contribution in [0, 0.1) is 23.7 Å². The van der Waals surface area contributed by atoms with E-state index in [1.54, 1.807) is 26.9 Å². The average molecular weight is 608 g/mol. The van der Waals surface area contributed by atoms with Gasteiger partial charge in [-0.25, -0.2) is 0 Å². The standard InChI is InChI=1S/C36H53N3O5/c1-9-15-26(7)38(19-11-3)34(43)31-36-21-25(6)35(8,44-36)29(30(36)33(42)39(31)28(23-40)20-24(4)5)32(41)37(18-10-2)22-27-16-13-12-14-17-27/h10-14,16-17,24-26,28-31,40H,2-3,9,15,18-23H2,1,4-8H3/t25?,26?,28-,29-,30+,31?,35+,36?/m1/s1. The van der Waals surface area contributed by atoms with Gasteiger partial charge >= 0.3 is 0 Å². The van der Waals surface area contributed by atoms with Crippen LogP contribution in [0.3, 0.4) is 0 Å². The summed E-state index contributed by atoms with van der Waals surface area (Å²) in [4.78, 5) is 49.5. The summed E-state index contributed by atoms with van der Waals surface area (Å²) in [6, 6.07) is 8.19. The van der Waals surface area contributed by atoms with Gasteiger partial charge in [-0.1, -0.05) is 76.6 Å². The summed E-state index contributed by atoms with van der Waals surface area (Å²) >= 11 is 0. The van der Waals surface area contributed by atoms with E-state index >= 15 is 0 Å². The van der Waals surface area contributed by atoms with E-state index in [1.165, 1.54) is 0 Å². The third-order valence-corrected chi connectivity index (χ3v) is 10.3. The highest BCUT2D eigenvalue weighted by Crippen LogP contribution is 2.66. The van der Waals surface area contributed by atoms with Gasteiger partial charge in [0.2, 0.25) is 17.7 Å². The van der Waals surface area contributed by atoms with Gasteiger partial charge < -0.3 is 24.5 Å².